The second-order valence-corrected chi connectivity index (χ2v) is 7.22. The van der Waals surface area contributed by atoms with Crippen molar-refractivity contribution in [3.8, 4) is 0 Å². The SMILES string of the molecule is CC1(N2CC3CCCCN3CC2c2ccccc2)CC1. The van der Waals surface area contributed by atoms with Crippen molar-refractivity contribution in [3.63, 3.8) is 0 Å². The first kappa shape index (κ1) is 12.8. The van der Waals surface area contributed by atoms with Gasteiger partial charge >= 0.3 is 0 Å². The number of benzene rings is 1. The van der Waals surface area contributed by atoms with Crippen LogP contribution in [-0.2, 0) is 0 Å². The van der Waals surface area contributed by atoms with E-state index < -0.39 is 0 Å². The maximum atomic E-state index is 2.84. The molecule has 2 heterocycles. The van der Waals surface area contributed by atoms with Gasteiger partial charge in [0.1, 0.15) is 0 Å². The van der Waals surface area contributed by atoms with E-state index in [2.05, 4.69) is 47.1 Å². The van der Waals surface area contributed by atoms with Gasteiger partial charge in [-0.2, -0.15) is 0 Å². The van der Waals surface area contributed by atoms with E-state index in [1.165, 1.54) is 57.3 Å². The molecule has 0 bridgehead atoms. The van der Waals surface area contributed by atoms with E-state index in [4.69, 9.17) is 0 Å². The molecule has 1 aromatic rings. The molecule has 2 heteroatoms. The van der Waals surface area contributed by atoms with Crippen LogP contribution >= 0.6 is 0 Å². The Hall–Kier alpha value is -0.860. The normalized spacial score (nSPS) is 33.6. The Morgan fingerprint density at radius 3 is 2.60 bits per heavy atom. The number of piperidine rings is 1. The monoisotopic (exact) mass is 270 g/mol. The molecule has 1 saturated carbocycles. The first-order valence-electron chi connectivity index (χ1n) is 8.32. The van der Waals surface area contributed by atoms with E-state index in [1.807, 2.05) is 0 Å². The van der Waals surface area contributed by atoms with Crippen molar-refractivity contribution in [1.82, 2.24) is 9.80 Å². The molecule has 0 amide bonds. The molecule has 4 rings (SSSR count). The first-order chi connectivity index (χ1) is 9.76. The average molecular weight is 270 g/mol. The smallest absolute Gasteiger partial charge is 0.0481 e. The molecule has 2 nitrogen and oxygen atoms in total. The van der Waals surface area contributed by atoms with Gasteiger partial charge in [-0.3, -0.25) is 9.80 Å². The standard InChI is InChI=1S/C18H26N2/c1-18(10-11-18)20-13-16-9-5-6-12-19(16)14-17(20)15-7-3-2-4-8-15/h2-4,7-8,16-17H,5-6,9-14H2,1H3. The summed E-state index contributed by atoms with van der Waals surface area (Å²) in [5, 5.41) is 0. The first-order valence-corrected chi connectivity index (χ1v) is 8.32. The number of hydrogen-bond donors (Lipinski definition) is 0. The van der Waals surface area contributed by atoms with Gasteiger partial charge in [-0.15, -0.1) is 0 Å². The summed E-state index contributed by atoms with van der Waals surface area (Å²) in [5.74, 6) is 0. The predicted molar refractivity (Wildman–Crippen MR) is 82.7 cm³/mol. The number of fused-ring (bicyclic) bond motifs is 1. The molecule has 20 heavy (non-hydrogen) atoms. The zero-order valence-electron chi connectivity index (χ0n) is 12.6. The van der Waals surface area contributed by atoms with Crippen LogP contribution in [0.2, 0.25) is 0 Å². The van der Waals surface area contributed by atoms with Crippen LogP contribution in [0.4, 0.5) is 0 Å². The summed E-state index contributed by atoms with van der Waals surface area (Å²) in [5.41, 5.74) is 2.01. The molecular weight excluding hydrogens is 244 g/mol. The zero-order chi connectivity index (χ0) is 13.6. The van der Waals surface area contributed by atoms with Gasteiger partial charge in [0, 0.05) is 30.7 Å². The highest BCUT2D eigenvalue weighted by Gasteiger charge is 2.49. The highest BCUT2D eigenvalue weighted by molar-refractivity contribution is 5.22. The van der Waals surface area contributed by atoms with Crippen molar-refractivity contribution < 1.29 is 0 Å². The van der Waals surface area contributed by atoms with Crippen LogP contribution in [0.1, 0.15) is 50.6 Å². The maximum absolute atomic E-state index is 2.84. The Labute approximate surface area is 122 Å². The molecule has 0 N–H and O–H groups in total. The van der Waals surface area contributed by atoms with Crippen LogP contribution in [0.25, 0.3) is 0 Å². The van der Waals surface area contributed by atoms with Gasteiger partial charge in [0.25, 0.3) is 0 Å². The Kier molecular flexibility index (Phi) is 3.12. The molecule has 1 aromatic carbocycles. The summed E-state index contributed by atoms with van der Waals surface area (Å²) in [7, 11) is 0. The second-order valence-electron chi connectivity index (χ2n) is 7.22. The third-order valence-corrected chi connectivity index (χ3v) is 5.79. The summed E-state index contributed by atoms with van der Waals surface area (Å²) in [6.45, 7) is 6.32. The minimum Gasteiger partial charge on any atom is -0.297 e. The third kappa shape index (κ3) is 2.19. The summed E-state index contributed by atoms with van der Waals surface area (Å²) >= 11 is 0. The number of nitrogens with zero attached hydrogens (tertiary/aromatic N) is 2. The van der Waals surface area contributed by atoms with Crippen LogP contribution in [0.5, 0.6) is 0 Å². The Bertz CT molecular complexity index is 466. The summed E-state index contributed by atoms with van der Waals surface area (Å²) in [6, 6.07) is 12.6. The quantitative estimate of drug-likeness (QED) is 0.812. The molecule has 0 aromatic heterocycles. The Morgan fingerprint density at radius 1 is 1.05 bits per heavy atom. The Morgan fingerprint density at radius 2 is 1.85 bits per heavy atom. The molecule has 0 spiro atoms. The molecule has 0 radical (unpaired) electrons. The molecule has 1 aliphatic carbocycles. The average Bonchev–Trinajstić information content (AvgIpc) is 3.26. The molecule has 2 atom stereocenters. The van der Waals surface area contributed by atoms with Gasteiger partial charge in [-0.25, -0.2) is 0 Å². The lowest BCUT2D eigenvalue weighted by Crippen LogP contribution is -2.58. The molecule has 2 aliphatic heterocycles. The molecule has 2 saturated heterocycles. The van der Waals surface area contributed by atoms with Crippen molar-refractivity contribution in [2.45, 2.75) is 56.7 Å². The lowest BCUT2D eigenvalue weighted by molar-refractivity contribution is -0.0188. The van der Waals surface area contributed by atoms with Gasteiger partial charge in [-0.05, 0) is 44.7 Å². The fourth-order valence-corrected chi connectivity index (χ4v) is 4.21. The van der Waals surface area contributed by atoms with Crippen LogP contribution in [0, 0.1) is 0 Å². The van der Waals surface area contributed by atoms with E-state index in [-0.39, 0.29) is 0 Å². The highest BCUT2D eigenvalue weighted by Crippen LogP contribution is 2.48. The van der Waals surface area contributed by atoms with Gasteiger partial charge in [0.2, 0.25) is 0 Å². The van der Waals surface area contributed by atoms with Gasteiger partial charge < -0.3 is 0 Å². The van der Waals surface area contributed by atoms with Crippen molar-refractivity contribution in [3.05, 3.63) is 35.9 Å². The fraction of sp³-hybridized carbons (Fsp3) is 0.667. The fourth-order valence-electron chi connectivity index (χ4n) is 4.21. The van der Waals surface area contributed by atoms with Gasteiger partial charge in [0.15, 0.2) is 0 Å². The van der Waals surface area contributed by atoms with Crippen molar-refractivity contribution in [2.75, 3.05) is 19.6 Å². The largest absolute Gasteiger partial charge is 0.297 e. The van der Waals surface area contributed by atoms with Crippen molar-refractivity contribution >= 4 is 0 Å². The number of piperazine rings is 1. The molecule has 2 unspecified atom stereocenters. The minimum atomic E-state index is 0.490. The highest BCUT2D eigenvalue weighted by atomic mass is 15.4. The van der Waals surface area contributed by atoms with Crippen LogP contribution < -0.4 is 0 Å². The molecule has 3 fully saturated rings. The summed E-state index contributed by atoms with van der Waals surface area (Å²) in [6.07, 6.45) is 7.02. The second kappa shape index (κ2) is 4.85. The zero-order valence-corrected chi connectivity index (χ0v) is 12.6. The van der Waals surface area contributed by atoms with Crippen LogP contribution in [-0.4, -0.2) is 41.0 Å². The van der Waals surface area contributed by atoms with Crippen LogP contribution in [0.15, 0.2) is 30.3 Å². The molecule has 108 valence electrons. The summed E-state index contributed by atoms with van der Waals surface area (Å²) < 4.78 is 0. The van der Waals surface area contributed by atoms with Crippen molar-refractivity contribution in [1.29, 1.82) is 0 Å². The lowest BCUT2D eigenvalue weighted by Gasteiger charge is -2.51. The van der Waals surface area contributed by atoms with E-state index in [9.17, 15) is 0 Å². The Balaban J connectivity index is 1.63. The number of rotatable bonds is 2. The lowest BCUT2D eigenvalue weighted by atomic mass is 9.92. The summed E-state index contributed by atoms with van der Waals surface area (Å²) in [4.78, 5) is 5.61. The topological polar surface area (TPSA) is 6.48 Å². The predicted octanol–water partition coefficient (Wildman–Crippen LogP) is 3.45. The van der Waals surface area contributed by atoms with E-state index in [0.717, 1.165) is 6.04 Å². The van der Waals surface area contributed by atoms with Gasteiger partial charge in [-0.1, -0.05) is 36.8 Å². The minimum absolute atomic E-state index is 0.490. The maximum Gasteiger partial charge on any atom is 0.0481 e. The molecular formula is C18H26N2. The molecule has 3 aliphatic rings. The van der Waals surface area contributed by atoms with Gasteiger partial charge in [0.05, 0.1) is 0 Å². The third-order valence-electron chi connectivity index (χ3n) is 5.79. The number of hydrogen-bond acceptors (Lipinski definition) is 2. The van der Waals surface area contributed by atoms with Crippen molar-refractivity contribution in [2.24, 2.45) is 0 Å². The van der Waals surface area contributed by atoms with E-state index in [1.54, 1.807) is 0 Å². The van der Waals surface area contributed by atoms with E-state index >= 15 is 0 Å². The van der Waals surface area contributed by atoms with Crippen LogP contribution in [0.3, 0.4) is 0 Å². The van der Waals surface area contributed by atoms with E-state index in [0.29, 0.717) is 11.6 Å².